The van der Waals surface area contributed by atoms with Crippen molar-refractivity contribution in [2.75, 3.05) is 20.2 Å². The van der Waals surface area contributed by atoms with E-state index in [0.717, 1.165) is 17.9 Å². The van der Waals surface area contributed by atoms with E-state index in [2.05, 4.69) is 61.0 Å². The molecule has 5 heteroatoms. The highest BCUT2D eigenvalue weighted by Crippen LogP contribution is 2.19. The summed E-state index contributed by atoms with van der Waals surface area (Å²) >= 11 is 0. The van der Waals surface area contributed by atoms with Crippen LogP contribution in [-0.2, 0) is 11.3 Å². The van der Waals surface area contributed by atoms with Crippen LogP contribution in [0.1, 0.15) is 37.9 Å². The van der Waals surface area contributed by atoms with Crippen LogP contribution < -0.4 is 20.7 Å². The minimum atomic E-state index is -0.141. The monoisotopic (exact) mass is 369 g/mol. The van der Waals surface area contributed by atoms with E-state index in [1.807, 2.05) is 30.3 Å². The molecule has 1 amide bonds. The zero-order valence-electron chi connectivity index (χ0n) is 16.7. The van der Waals surface area contributed by atoms with Gasteiger partial charge in [-0.1, -0.05) is 48.5 Å². The Morgan fingerprint density at radius 3 is 2.44 bits per heavy atom. The van der Waals surface area contributed by atoms with E-state index in [-0.39, 0.29) is 24.1 Å². The van der Waals surface area contributed by atoms with Crippen LogP contribution in [-0.4, -0.2) is 31.6 Å². The van der Waals surface area contributed by atoms with Gasteiger partial charge in [-0.3, -0.25) is 4.79 Å². The molecule has 0 aliphatic rings. The summed E-state index contributed by atoms with van der Waals surface area (Å²) in [5, 5.41) is 9.73. The Morgan fingerprint density at radius 2 is 1.74 bits per heavy atom. The number of rotatable bonds is 10. The summed E-state index contributed by atoms with van der Waals surface area (Å²) in [4.78, 5) is 11.4. The molecule has 27 heavy (non-hydrogen) atoms. The third kappa shape index (κ3) is 7.04. The molecule has 0 aromatic heterocycles. The first kappa shape index (κ1) is 20.9. The molecule has 0 heterocycles. The molecule has 0 aliphatic heterocycles. The van der Waals surface area contributed by atoms with Crippen LogP contribution in [0.25, 0.3) is 0 Å². The maximum absolute atomic E-state index is 11.4. The van der Waals surface area contributed by atoms with Crippen molar-refractivity contribution in [3.8, 4) is 5.75 Å². The second-order valence-electron chi connectivity index (χ2n) is 7.33. The van der Waals surface area contributed by atoms with Crippen LogP contribution >= 0.6 is 0 Å². The number of amides is 1. The van der Waals surface area contributed by atoms with Gasteiger partial charge in [0, 0.05) is 37.3 Å². The Hall–Kier alpha value is -2.37. The second-order valence-corrected chi connectivity index (χ2v) is 7.33. The first-order valence-corrected chi connectivity index (χ1v) is 9.36. The predicted octanol–water partition coefficient (Wildman–Crippen LogP) is 3.03. The number of ether oxygens (including phenoxy) is 1. The number of likely N-dealkylation sites (N-methyl/N-ethyl adjacent to an activating group) is 1. The van der Waals surface area contributed by atoms with Crippen molar-refractivity contribution in [2.45, 2.75) is 38.9 Å². The fraction of sp³-hybridized carbons (Fsp3) is 0.409. The first-order chi connectivity index (χ1) is 12.9. The standard InChI is InChI=1S/C22H31N3O2/c1-17(18-10-6-5-7-11-18)25-22(2,3)16-24-14-19-12-8-9-13-20(19)27-15-21(26)23-4/h5-13,17,24-25H,14-16H2,1-4H3,(H,23,26). The topological polar surface area (TPSA) is 62.4 Å². The average molecular weight is 370 g/mol. The summed E-state index contributed by atoms with van der Waals surface area (Å²) < 4.78 is 5.63. The van der Waals surface area contributed by atoms with Gasteiger partial charge in [-0.25, -0.2) is 0 Å². The van der Waals surface area contributed by atoms with Crippen molar-refractivity contribution < 1.29 is 9.53 Å². The number of carbonyl (C=O) groups excluding carboxylic acids is 1. The quantitative estimate of drug-likeness (QED) is 0.602. The van der Waals surface area contributed by atoms with Crippen LogP contribution in [0.5, 0.6) is 5.75 Å². The summed E-state index contributed by atoms with van der Waals surface area (Å²) in [6.45, 7) is 8.05. The first-order valence-electron chi connectivity index (χ1n) is 9.36. The maximum Gasteiger partial charge on any atom is 0.257 e. The number of hydrogen-bond donors (Lipinski definition) is 3. The van der Waals surface area contributed by atoms with E-state index in [0.29, 0.717) is 6.54 Å². The Kier molecular flexibility index (Phi) is 7.82. The Bertz CT molecular complexity index is 717. The van der Waals surface area contributed by atoms with Crippen LogP contribution in [0.15, 0.2) is 54.6 Å². The average Bonchev–Trinajstić information content (AvgIpc) is 2.67. The number of benzene rings is 2. The molecule has 1 unspecified atom stereocenters. The SMILES string of the molecule is CNC(=O)COc1ccccc1CNCC(C)(C)NC(C)c1ccccc1. The largest absolute Gasteiger partial charge is 0.483 e. The molecule has 0 bridgehead atoms. The van der Waals surface area contributed by atoms with E-state index in [9.17, 15) is 4.79 Å². The van der Waals surface area contributed by atoms with E-state index < -0.39 is 0 Å². The highest BCUT2D eigenvalue weighted by atomic mass is 16.5. The summed E-state index contributed by atoms with van der Waals surface area (Å²) in [5.41, 5.74) is 2.24. The molecule has 2 aromatic rings. The van der Waals surface area contributed by atoms with Gasteiger partial charge >= 0.3 is 0 Å². The summed E-state index contributed by atoms with van der Waals surface area (Å²) in [6.07, 6.45) is 0. The highest BCUT2D eigenvalue weighted by Gasteiger charge is 2.20. The van der Waals surface area contributed by atoms with Gasteiger partial charge in [-0.05, 0) is 32.4 Å². The Balaban J connectivity index is 1.87. The molecular formula is C22H31N3O2. The van der Waals surface area contributed by atoms with Gasteiger partial charge in [0.05, 0.1) is 0 Å². The molecule has 3 N–H and O–H groups in total. The van der Waals surface area contributed by atoms with Gasteiger partial charge in [-0.15, -0.1) is 0 Å². The molecule has 146 valence electrons. The molecule has 0 spiro atoms. The number of nitrogens with one attached hydrogen (secondary N) is 3. The van der Waals surface area contributed by atoms with Crippen molar-refractivity contribution in [2.24, 2.45) is 0 Å². The van der Waals surface area contributed by atoms with Crippen molar-refractivity contribution in [3.05, 3.63) is 65.7 Å². The molecule has 0 aliphatic carbocycles. The van der Waals surface area contributed by atoms with Gasteiger partial charge in [0.15, 0.2) is 6.61 Å². The lowest BCUT2D eigenvalue weighted by molar-refractivity contribution is -0.122. The van der Waals surface area contributed by atoms with Gasteiger partial charge in [-0.2, -0.15) is 0 Å². The van der Waals surface area contributed by atoms with E-state index in [1.165, 1.54) is 5.56 Å². The maximum atomic E-state index is 11.4. The smallest absolute Gasteiger partial charge is 0.257 e. The molecule has 0 radical (unpaired) electrons. The number of para-hydroxylation sites is 1. The second kappa shape index (κ2) is 10.1. The van der Waals surface area contributed by atoms with Gasteiger partial charge < -0.3 is 20.7 Å². The lowest BCUT2D eigenvalue weighted by Crippen LogP contribution is -2.48. The third-order valence-corrected chi connectivity index (χ3v) is 4.40. The minimum Gasteiger partial charge on any atom is -0.483 e. The Labute approximate surface area is 162 Å². The van der Waals surface area contributed by atoms with Crippen molar-refractivity contribution in [1.82, 2.24) is 16.0 Å². The van der Waals surface area contributed by atoms with Crippen LogP contribution in [0.2, 0.25) is 0 Å². The molecule has 5 nitrogen and oxygen atoms in total. The lowest BCUT2D eigenvalue weighted by atomic mass is 10.0. The fourth-order valence-electron chi connectivity index (χ4n) is 2.98. The zero-order chi connectivity index (χ0) is 19.7. The third-order valence-electron chi connectivity index (χ3n) is 4.40. The zero-order valence-corrected chi connectivity index (χ0v) is 16.7. The van der Waals surface area contributed by atoms with Crippen LogP contribution in [0, 0.1) is 0 Å². The molecule has 0 fully saturated rings. The van der Waals surface area contributed by atoms with Gasteiger partial charge in [0.25, 0.3) is 5.91 Å². The van der Waals surface area contributed by atoms with Gasteiger partial charge in [0.2, 0.25) is 0 Å². The number of carbonyl (C=O) groups is 1. The molecule has 0 saturated heterocycles. The van der Waals surface area contributed by atoms with Crippen molar-refractivity contribution in [3.63, 3.8) is 0 Å². The molecule has 0 saturated carbocycles. The lowest BCUT2D eigenvalue weighted by Gasteiger charge is -2.31. The summed E-state index contributed by atoms with van der Waals surface area (Å²) in [7, 11) is 1.60. The Morgan fingerprint density at radius 1 is 1.07 bits per heavy atom. The predicted molar refractivity (Wildman–Crippen MR) is 110 cm³/mol. The molecule has 2 aromatic carbocycles. The fourth-order valence-corrected chi connectivity index (χ4v) is 2.98. The minimum absolute atomic E-state index is 0.0230. The summed E-state index contributed by atoms with van der Waals surface area (Å²) in [5.74, 6) is 0.593. The molecular weight excluding hydrogens is 338 g/mol. The van der Waals surface area contributed by atoms with E-state index >= 15 is 0 Å². The van der Waals surface area contributed by atoms with Crippen molar-refractivity contribution >= 4 is 5.91 Å². The van der Waals surface area contributed by atoms with Gasteiger partial charge in [0.1, 0.15) is 5.75 Å². The highest BCUT2D eigenvalue weighted by molar-refractivity contribution is 5.77. The molecule has 2 rings (SSSR count). The molecule has 1 atom stereocenters. The van der Waals surface area contributed by atoms with E-state index in [4.69, 9.17) is 4.74 Å². The van der Waals surface area contributed by atoms with E-state index in [1.54, 1.807) is 7.05 Å². The summed E-state index contributed by atoms with van der Waals surface area (Å²) in [6, 6.07) is 18.5. The van der Waals surface area contributed by atoms with Crippen molar-refractivity contribution in [1.29, 1.82) is 0 Å². The normalized spacial score (nSPS) is 12.4. The number of hydrogen-bond acceptors (Lipinski definition) is 4. The van der Waals surface area contributed by atoms with Crippen LogP contribution in [0.3, 0.4) is 0 Å². The van der Waals surface area contributed by atoms with Crippen LogP contribution in [0.4, 0.5) is 0 Å².